The summed E-state index contributed by atoms with van der Waals surface area (Å²) in [5.74, 6) is 0. The molecule has 1 aromatic heterocycles. The second kappa shape index (κ2) is 5.81. The predicted molar refractivity (Wildman–Crippen MR) is 66.9 cm³/mol. The fourth-order valence-electron chi connectivity index (χ4n) is 1.75. The van der Waals surface area contributed by atoms with E-state index in [9.17, 15) is 18.0 Å². The van der Waals surface area contributed by atoms with Crippen molar-refractivity contribution in [1.29, 1.82) is 0 Å². The van der Waals surface area contributed by atoms with Gasteiger partial charge in [0.05, 0.1) is 11.3 Å². The van der Waals surface area contributed by atoms with Gasteiger partial charge in [-0.15, -0.1) is 0 Å². The van der Waals surface area contributed by atoms with E-state index in [1.807, 2.05) is 0 Å². The summed E-state index contributed by atoms with van der Waals surface area (Å²) in [4.78, 5) is 18.3. The molecule has 3 nitrogen and oxygen atoms in total. The summed E-state index contributed by atoms with van der Waals surface area (Å²) in [6, 6.07) is 6.55. The van der Waals surface area contributed by atoms with Crippen molar-refractivity contribution in [2.24, 2.45) is 0 Å². The first-order valence-corrected chi connectivity index (χ1v) is 5.93. The summed E-state index contributed by atoms with van der Waals surface area (Å²) in [7, 11) is 0. The fourth-order valence-corrected chi connectivity index (χ4v) is 1.75. The second-order valence-electron chi connectivity index (χ2n) is 4.18. The van der Waals surface area contributed by atoms with E-state index in [0.717, 1.165) is 18.4 Å². The summed E-state index contributed by atoms with van der Waals surface area (Å²) in [6.07, 6.45) is -1.57. The lowest BCUT2D eigenvalue weighted by Gasteiger charge is -2.08. The minimum absolute atomic E-state index is 0.318. The average molecular weight is 280 g/mol. The number of aromatic nitrogens is 2. The Morgan fingerprint density at radius 2 is 1.95 bits per heavy atom. The van der Waals surface area contributed by atoms with Crippen molar-refractivity contribution >= 4 is 6.29 Å². The molecule has 0 saturated carbocycles. The molecule has 2 rings (SSSR count). The maximum absolute atomic E-state index is 12.7. The summed E-state index contributed by atoms with van der Waals surface area (Å²) in [5.41, 5.74) is 0.684. The molecule has 0 unspecified atom stereocenters. The quantitative estimate of drug-likeness (QED) is 0.807. The van der Waals surface area contributed by atoms with Crippen LogP contribution in [0.15, 0.2) is 36.7 Å². The third-order valence-electron chi connectivity index (χ3n) is 2.73. The minimum Gasteiger partial charge on any atom is -0.303 e. The van der Waals surface area contributed by atoms with Gasteiger partial charge in [-0.1, -0.05) is 12.1 Å². The van der Waals surface area contributed by atoms with Gasteiger partial charge in [-0.25, -0.2) is 9.97 Å². The predicted octanol–water partition coefficient (Wildman–Crippen LogP) is 3.29. The van der Waals surface area contributed by atoms with E-state index in [1.54, 1.807) is 12.1 Å². The highest BCUT2D eigenvalue weighted by atomic mass is 19.4. The van der Waals surface area contributed by atoms with E-state index >= 15 is 0 Å². The van der Waals surface area contributed by atoms with E-state index in [2.05, 4.69) is 9.97 Å². The number of alkyl halides is 3. The van der Waals surface area contributed by atoms with E-state index in [0.29, 0.717) is 29.8 Å². The molecule has 0 amide bonds. The number of nitrogens with zero attached hydrogens (tertiary/aromatic N) is 2. The van der Waals surface area contributed by atoms with Crippen molar-refractivity contribution in [2.75, 3.05) is 0 Å². The Hall–Kier alpha value is -2.24. The smallest absolute Gasteiger partial charge is 0.303 e. The highest BCUT2D eigenvalue weighted by Gasteiger charge is 2.30. The number of halogens is 3. The summed E-state index contributed by atoms with van der Waals surface area (Å²) < 4.78 is 38.0. The van der Waals surface area contributed by atoms with Crippen molar-refractivity contribution in [3.05, 3.63) is 47.9 Å². The maximum Gasteiger partial charge on any atom is 0.416 e. The van der Waals surface area contributed by atoms with E-state index in [-0.39, 0.29) is 0 Å². The molecule has 0 saturated heterocycles. The Bertz CT molecular complexity index is 611. The van der Waals surface area contributed by atoms with Crippen molar-refractivity contribution < 1.29 is 18.0 Å². The molecular formula is C14H11F3N2O. The fraction of sp³-hybridized carbons (Fsp3) is 0.214. The van der Waals surface area contributed by atoms with Gasteiger partial charge in [0, 0.05) is 17.7 Å². The van der Waals surface area contributed by atoms with Gasteiger partial charge in [0.2, 0.25) is 0 Å². The lowest BCUT2D eigenvalue weighted by molar-refractivity contribution is -0.137. The van der Waals surface area contributed by atoms with Crippen molar-refractivity contribution in [3.8, 4) is 11.3 Å². The van der Waals surface area contributed by atoms with Crippen LogP contribution in [-0.2, 0) is 17.4 Å². The average Bonchev–Trinajstić information content (AvgIpc) is 2.45. The Balaban J connectivity index is 2.34. The molecule has 1 heterocycles. The molecule has 20 heavy (non-hydrogen) atoms. The second-order valence-corrected chi connectivity index (χ2v) is 4.18. The van der Waals surface area contributed by atoms with Crippen molar-refractivity contribution in [1.82, 2.24) is 9.97 Å². The van der Waals surface area contributed by atoms with Crippen LogP contribution < -0.4 is 0 Å². The molecule has 0 fully saturated rings. The maximum atomic E-state index is 12.7. The van der Waals surface area contributed by atoms with Crippen LogP contribution in [0.5, 0.6) is 0 Å². The van der Waals surface area contributed by atoms with Crippen LogP contribution in [0.4, 0.5) is 13.2 Å². The molecule has 0 N–H and O–H groups in total. The number of rotatable bonds is 4. The van der Waals surface area contributed by atoms with Crippen molar-refractivity contribution in [3.63, 3.8) is 0 Å². The molecule has 0 atom stereocenters. The third kappa shape index (κ3) is 3.40. The monoisotopic (exact) mass is 280 g/mol. The zero-order chi connectivity index (χ0) is 14.6. The molecule has 0 bridgehead atoms. The first kappa shape index (κ1) is 14.2. The molecule has 2 aromatic rings. The van der Waals surface area contributed by atoms with Gasteiger partial charge >= 0.3 is 6.18 Å². The number of benzene rings is 1. The van der Waals surface area contributed by atoms with Gasteiger partial charge in [0.25, 0.3) is 0 Å². The molecule has 0 spiro atoms. The number of carbonyl (C=O) groups excluding carboxylic acids is 1. The first-order valence-electron chi connectivity index (χ1n) is 5.93. The van der Waals surface area contributed by atoms with Crippen LogP contribution >= 0.6 is 0 Å². The highest BCUT2D eigenvalue weighted by Crippen LogP contribution is 2.31. The van der Waals surface area contributed by atoms with Crippen LogP contribution in [0.25, 0.3) is 11.3 Å². The zero-order valence-corrected chi connectivity index (χ0v) is 10.4. The number of carbonyl (C=O) groups is 1. The Labute approximate surface area is 113 Å². The van der Waals surface area contributed by atoms with Crippen LogP contribution in [0.3, 0.4) is 0 Å². The Kier molecular flexibility index (Phi) is 4.12. The van der Waals surface area contributed by atoms with Gasteiger partial charge in [-0.05, 0) is 24.6 Å². The largest absolute Gasteiger partial charge is 0.416 e. The lowest BCUT2D eigenvalue weighted by atomic mass is 10.1. The molecule has 1 aromatic carbocycles. The summed E-state index contributed by atoms with van der Waals surface area (Å²) >= 11 is 0. The van der Waals surface area contributed by atoms with Crippen molar-refractivity contribution in [2.45, 2.75) is 19.0 Å². The lowest BCUT2D eigenvalue weighted by Crippen LogP contribution is -2.04. The number of hydrogen-bond acceptors (Lipinski definition) is 3. The van der Waals surface area contributed by atoms with Gasteiger partial charge in [-0.3, -0.25) is 0 Å². The van der Waals surface area contributed by atoms with Crippen LogP contribution in [0.1, 0.15) is 17.7 Å². The normalized spacial score (nSPS) is 11.3. The summed E-state index contributed by atoms with van der Waals surface area (Å²) in [5, 5.41) is 0. The molecule has 0 aliphatic rings. The minimum atomic E-state index is -4.39. The number of aldehydes is 1. The van der Waals surface area contributed by atoms with Crippen LogP contribution in [-0.4, -0.2) is 16.3 Å². The standard InChI is InChI=1S/C14H11F3N2O/c15-14(16,17)11-4-1-3-10(7-11)13-8-12(5-2-6-20)18-9-19-13/h1,3-4,6-9H,2,5H2. The van der Waals surface area contributed by atoms with E-state index in [1.165, 1.54) is 12.4 Å². The SMILES string of the molecule is O=CCCc1cc(-c2cccc(C(F)(F)F)c2)ncn1. The van der Waals surface area contributed by atoms with Gasteiger partial charge < -0.3 is 4.79 Å². The topological polar surface area (TPSA) is 42.9 Å². The van der Waals surface area contributed by atoms with Gasteiger partial charge in [-0.2, -0.15) is 13.2 Å². The molecule has 0 aliphatic carbocycles. The highest BCUT2D eigenvalue weighted by molar-refractivity contribution is 5.60. The molecular weight excluding hydrogens is 269 g/mol. The van der Waals surface area contributed by atoms with Gasteiger partial charge in [0.15, 0.2) is 0 Å². The van der Waals surface area contributed by atoms with Gasteiger partial charge in [0.1, 0.15) is 12.6 Å². The molecule has 0 aliphatic heterocycles. The number of hydrogen-bond donors (Lipinski definition) is 0. The summed E-state index contributed by atoms with van der Waals surface area (Å²) in [6.45, 7) is 0. The van der Waals surface area contributed by atoms with E-state index in [4.69, 9.17) is 0 Å². The first-order chi connectivity index (χ1) is 9.50. The molecule has 104 valence electrons. The van der Waals surface area contributed by atoms with Crippen LogP contribution in [0.2, 0.25) is 0 Å². The third-order valence-corrected chi connectivity index (χ3v) is 2.73. The van der Waals surface area contributed by atoms with Crippen LogP contribution in [0, 0.1) is 0 Å². The zero-order valence-electron chi connectivity index (χ0n) is 10.4. The molecule has 0 radical (unpaired) electrons. The Morgan fingerprint density at radius 1 is 1.15 bits per heavy atom. The number of aryl methyl sites for hydroxylation is 1. The Morgan fingerprint density at radius 3 is 2.65 bits per heavy atom. The molecule has 6 heteroatoms. The van der Waals surface area contributed by atoms with E-state index < -0.39 is 11.7 Å².